The predicted octanol–water partition coefficient (Wildman–Crippen LogP) is 5.01. The molecule has 0 heterocycles. The van der Waals surface area contributed by atoms with E-state index in [1.807, 2.05) is 26.0 Å². The van der Waals surface area contributed by atoms with Gasteiger partial charge in [0.2, 0.25) is 0 Å². The Kier molecular flexibility index (Phi) is 8.48. The molecule has 108 valence electrons. The summed E-state index contributed by atoms with van der Waals surface area (Å²) >= 11 is 0. The molecule has 3 unspecified atom stereocenters. The highest BCUT2D eigenvalue weighted by Crippen LogP contribution is 2.55. The molecule has 0 spiro atoms. The molecule has 0 amide bonds. The van der Waals surface area contributed by atoms with Crippen molar-refractivity contribution in [3.05, 3.63) is 12.2 Å². The molecule has 2 saturated carbocycles. The van der Waals surface area contributed by atoms with Crippen molar-refractivity contribution in [2.75, 3.05) is 0 Å². The normalized spacial score (nSPS) is 32.8. The molecule has 1 nitrogen and oxygen atoms in total. The minimum atomic E-state index is 0.379. The maximum atomic E-state index is 11.7. The van der Waals surface area contributed by atoms with E-state index in [-0.39, 0.29) is 0 Å². The first-order valence-corrected chi connectivity index (χ1v) is 7.53. The zero-order valence-corrected chi connectivity index (χ0v) is 13.1. The van der Waals surface area contributed by atoms with Gasteiger partial charge in [-0.05, 0) is 50.9 Å². The molecular formula is C18H30O. The molecule has 2 rings (SSSR count). The number of Topliss-reactive ketones (excluding diaryl/α,β-unsaturated/α-hetero) is 1. The summed E-state index contributed by atoms with van der Waals surface area (Å²) in [5.41, 5.74) is 0.379. The molecule has 1 heteroatoms. The van der Waals surface area contributed by atoms with Crippen LogP contribution in [-0.2, 0) is 4.79 Å². The van der Waals surface area contributed by atoms with E-state index in [9.17, 15) is 4.79 Å². The van der Waals surface area contributed by atoms with Crippen LogP contribution in [0.25, 0.3) is 0 Å². The van der Waals surface area contributed by atoms with Gasteiger partial charge in [-0.25, -0.2) is 0 Å². The van der Waals surface area contributed by atoms with Crippen molar-refractivity contribution in [1.82, 2.24) is 0 Å². The SMILES string of the molecule is C#C.C/C=C/C.CCC1CCC2C(=O)CCCC12C. The number of allylic oxidation sites excluding steroid dienone is 2. The third kappa shape index (κ3) is 4.23. The van der Waals surface area contributed by atoms with Crippen LogP contribution in [0.3, 0.4) is 0 Å². The van der Waals surface area contributed by atoms with Crippen molar-refractivity contribution in [2.45, 2.75) is 66.2 Å². The van der Waals surface area contributed by atoms with Crippen molar-refractivity contribution in [1.29, 1.82) is 0 Å². The molecular weight excluding hydrogens is 232 g/mol. The quantitative estimate of drug-likeness (QED) is 0.479. The molecule has 2 aliphatic rings. The molecule has 3 atom stereocenters. The Morgan fingerprint density at radius 1 is 1.26 bits per heavy atom. The molecule has 2 aliphatic carbocycles. The van der Waals surface area contributed by atoms with Crippen LogP contribution in [0.4, 0.5) is 0 Å². The highest BCUT2D eigenvalue weighted by Gasteiger charge is 2.49. The van der Waals surface area contributed by atoms with Gasteiger partial charge in [-0.1, -0.05) is 32.4 Å². The highest BCUT2D eigenvalue weighted by atomic mass is 16.1. The van der Waals surface area contributed by atoms with Crippen molar-refractivity contribution in [3.63, 3.8) is 0 Å². The van der Waals surface area contributed by atoms with Gasteiger partial charge in [0.25, 0.3) is 0 Å². The molecule has 0 bridgehead atoms. The average molecular weight is 262 g/mol. The van der Waals surface area contributed by atoms with E-state index < -0.39 is 0 Å². The van der Waals surface area contributed by atoms with Crippen LogP contribution in [0.2, 0.25) is 0 Å². The largest absolute Gasteiger partial charge is 0.299 e. The lowest BCUT2D eigenvalue weighted by molar-refractivity contribution is -0.129. The smallest absolute Gasteiger partial charge is 0.136 e. The lowest BCUT2D eigenvalue weighted by Gasteiger charge is -2.39. The van der Waals surface area contributed by atoms with Gasteiger partial charge < -0.3 is 0 Å². The number of carbonyl (C=O) groups excluding carboxylic acids is 1. The van der Waals surface area contributed by atoms with Gasteiger partial charge in [0.05, 0.1) is 0 Å². The fraction of sp³-hybridized carbons (Fsp3) is 0.722. The monoisotopic (exact) mass is 262 g/mol. The van der Waals surface area contributed by atoms with E-state index in [0.29, 0.717) is 17.1 Å². The summed E-state index contributed by atoms with van der Waals surface area (Å²) in [4.78, 5) is 11.7. The average Bonchev–Trinajstić information content (AvgIpc) is 2.79. The molecule has 0 saturated heterocycles. The Morgan fingerprint density at radius 2 is 1.84 bits per heavy atom. The van der Waals surface area contributed by atoms with Crippen LogP contribution >= 0.6 is 0 Å². The molecule has 0 N–H and O–H groups in total. The molecule has 0 radical (unpaired) electrons. The Balaban J connectivity index is 0.000000467. The van der Waals surface area contributed by atoms with Gasteiger partial charge in [0.1, 0.15) is 5.78 Å². The highest BCUT2D eigenvalue weighted by molar-refractivity contribution is 5.83. The first kappa shape index (κ1) is 18.0. The number of hydrogen-bond acceptors (Lipinski definition) is 1. The van der Waals surface area contributed by atoms with Gasteiger partial charge in [-0.3, -0.25) is 4.79 Å². The number of ketones is 1. The second kappa shape index (κ2) is 8.97. The zero-order chi connectivity index (χ0) is 14.9. The number of terminal acetylenes is 1. The minimum Gasteiger partial charge on any atom is -0.299 e. The fourth-order valence-corrected chi connectivity index (χ4v) is 3.71. The predicted molar refractivity (Wildman–Crippen MR) is 83.8 cm³/mol. The molecule has 19 heavy (non-hydrogen) atoms. The van der Waals surface area contributed by atoms with Crippen molar-refractivity contribution < 1.29 is 4.79 Å². The van der Waals surface area contributed by atoms with E-state index in [1.165, 1.54) is 25.7 Å². The molecule has 2 fully saturated rings. The Bertz CT molecular complexity index is 309. The van der Waals surface area contributed by atoms with Gasteiger partial charge in [-0.15, -0.1) is 12.8 Å². The lowest BCUT2D eigenvalue weighted by atomic mass is 9.64. The summed E-state index contributed by atoms with van der Waals surface area (Å²) in [6, 6.07) is 0. The third-order valence-corrected chi connectivity index (χ3v) is 4.89. The van der Waals surface area contributed by atoms with E-state index in [1.54, 1.807) is 0 Å². The maximum Gasteiger partial charge on any atom is 0.136 e. The Morgan fingerprint density at radius 3 is 2.32 bits per heavy atom. The van der Waals surface area contributed by atoms with Gasteiger partial charge in [0, 0.05) is 12.3 Å². The summed E-state index contributed by atoms with van der Waals surface area (Å²) in [6.07, 6.45) is 19.0. The summed E-state index contributed by atoms with van der Waals surface area (Å²) < 4.78 is 0. The minimum absolute atomic E-state index is 0.379. The van der Waals surface area contributed by atoms with Crippen LogP contribution < -0.4 is 0 Å². The molecule has 0 aliphatic heterocycles. The number of hydrogen-bond donors (Lipinski definition) is 0. The van der Waals surface area contributed by atoms with E-state index in [0.717, 1.165) is 18.8 Å². The van der Waals surface area contributed by atoms with Crippen molar-refractivity contribution in [2.24, 2.45) is 17.3 Å². The Labute approximate surface area is 119 Å². The fourth-order valence-electron chi connectivity index (χ4n) is 3.71. The zero-order valence-electron chi connectivity index (χ0n) is 13.1. The van der Waals surface area contributed by atoms with Crippen LogP contribution in [0.5, 0.6) is 0 Å². The van der Waals surface area contributed by atoms with Crippen molar-refractivity contribution in [3.8, 4) is 12.8 Å². The van der Waals surface area contributed by atoms with E-state index in [2.05, 4.69) is 26.7 Å². The topological polar surface area (TPSA) is 17.1 Å². The number of fused-ring (bicyclic) bond motifs is 1. The first-order chi connectivity index (χ1) is 9.10. The standard InChI is InChI=1S/C12H20O.C4H8.C2H2/c1-3-9-6-7-10-11(13)5-4-8-12(9,10)2;1-3-4-2;1-2/h9-10H,3-8H2,1-2H3;3-4H,1-2H3;1-2H/b;4-3+;. The van der Waals surface area contributed by atoms with Gasteiger partial charge >= 0.3 is 0 Å². The van der Waals surface area contributed by atoms with Gasteiger partial charge in [-0.2, -0.15) is 0 Å². The molecule has 0 aromatic rings. The van der Waals surface area contributed by atoms with E-state index >= 15 is 0 Å². The maximum absolute atomic E-state index is 11.7. The van der Waals surface area contributed by atoms with Crippen molar-refractivity contribution >= 4 is 5.78 Å². The Hall–Kier alpha value is -1.03. The van der Waals surface area contributed by atoms with E-state index in [4.69, 9.17) is 0 Å². The molecule has 0 aromatic heterocycles. The summed E-state index contributed by atoms with van der Waals surface area (Å²) in [7, 11) is 0. The van der Waals surface area contributed by atoms with Crippen LogP contribution in [0.1, 0.15) is 66.2 Å². The van der Waals surface area contributed by atoms with Crippen LogP contribution in [-0.4, -0.2) is 5.78 Å². The van der Waals surface area contributed by atoms with Gasteiger partial charge in [0.15, 0.2) is 0 Å². The summed E-state index contributed by atoms with van der Waals surface area (Å²) in [5, 5.41) is 0. The lowest BCUT2D eigenvalue weighted by Crippen LogP contribution is -2.37. The second-order valence-corrected chi connectivity index (χ2v) is 5.73. The number of carbonyl (C=O) groups is 1. The first-order valence-electron chi connectivity index (χ1n) is 7.53. The summed E-state index contributed by atoms with van der Waals surface area (Å²) in [6.45, 7) is 8.63. The third-order valence-electron chi connectivity index (χ3n) is 4.89. The number of rotatable bonds is 1. The van der Waals surface area contributed by atoms with Crippen LogP contribution in [0, 0.1) is 30.1 Å². The second-order valence-electron chi connectivity index (χ2n) is 5.73. The summed E-state index contributed by atoms with van der Waals surface area (Å²) in [5.74, 6) is 1.80. The van der Waals surface area contributed by atoms with Crippen LogP contribution in [0.15, 0.2) is 12.2 Å². The molecule has 0 aromatic carbocycles.